The van der Waals surface area contributed by atoms with Crippen LogP contribution in [0.1, 0.15) is 79.1 Å². The third-order valence-corrected chi connectivity index (χ3v) is 9.30. The lowest BCUT2D eigenvalue weighted by Crippen LogP contribution is -2.55. The van der Waals surface area contributed by atoms with E-state index in [-0.39, 0.29) is 16.7 Å². The number of allylic oxidation sites excluding steroid dienone is 1. The van der Waals surface area contributed by atoms with Crippen LogP contribution in [0.15, 0.2) is 11.6 Å². The van der Waals surface area contributed by atoms with Gasteiger partial charge in [-0.15, -0.1) is 0 Å². The molecule has 0 aromatic rings. The quantitative estimate of drug-likeness (QED) is 0.670. The van der Waals surface area contributed by atoms with E-state index in [0.29, 0.717) is 22.9 Å². The summed E-state index contributed by atoms with van der Waals surface area (Å²) in [4.78, 5) is 24.2. The van der Waals surface area contributed by atoms with Crippen LogP contribution in [-0.4, -0.2) is 11.6 Å². The van der Waals surface area contributed by atoms with Crippen molar-refractivity contribution < 1.29 is 9.59 Å². The Morgan fingerprint density at radius 2 is 1.67 bits per heavy atom. The Bertz CT molecular complexity index is 632. The highest BCUT2D eigenvalue weighted by Crippen LogP contribution is 2.72. The molecule has 2 heteroatoms. The molecule has 4 aliphatic carbocycles. The highest BCUT2D eigenvalue weighted by molar-refractivity contribution is 5.91. The third-order valence-electron chi connectivity index (χ3n) is 9.30. The van der Waals surface area contributed by atoms with Crippen molar-refractivity contribution in [2.24, 2.45) is 34.0 Å². The van der Waals surface area contributed by atoms with E-state index in [1.807, 2.05) is 13.0 Å². The highest BCUT2D eigenvalue weighted by Gasteiger charge is 2.65. The standard InChI is InChI=1S/C22H32O2/c1-14(23)17-8-11-22(4)19-6-5-15-13-16(24)7-10-20(15,2)18(19)9-12-21(17,22)3/h13,17-19H,5-12H2,1-4H3/t17-,18+,19-,20+,21-,22+/m1/s1. The second-order valence-electron chi connectivity index (χ2n) is 9.88. The molecule has 0 aromatic carbocycles. The molecule has 0 saturated heterocycles. The lowest BCUT2D eigenvalue weighted by atomic mass is 9.42. The molecule has 0 spiro atoms. The van der Waals surface area contributed by atoms with Crippen molar-refractivity contribution in [3.05, 3.63) is 11.6 Å². The molecule has 6 atom stereocenters. The average Bonchev–Trinajstić information content (AvgIpc) is 2.80. The normalized spacial score (nSPS) is 50.6. The van der Waals surface area contributed by atoms with Gasteiger partial charge >= 0.3 is 0 Å². The summed E-state index contributed by atoms with van der Waals surface area (Å²) in [5.74, 6) is 2.43. The summed E-state index contributed by atoms with van der Waals surface area (Å²) < 4.78 is 0. The smallest absolute Gasteiger partial charge is 0.155 e. The Morgan fingerprint density at radius 3 is 2.38 bits per heavy atom. The van der Waals surface area contributed by atoms with Gasteiger partial charge in [0.2, 0.25) is 0 Å². The second kappa shape index (κ2) is 5.05. The van der Waals surface area contributed by atoms with E-state index in [2.05, 4.69) is 20.8 Å². The summed E-state index contributed by atoms with van der Waals surface area (Å²) in [6.45, 7) is 9.16. The van der Waals surface area contributed by atoms with Gasteiger partial charge in [0.15, 0.2) is 5.78 Å². The fourth-order valence-corrected chi connectivity index (χ4v) is 7.62. The molecule has 0 bridgehead atoms. The zero-order chi connectivity index (χ0) is 17.3. The molecular weight excluding hydrogens is 296 g/mol. The van der Waals surface area contributed by atoms with E-state index in [1.165, 1.54) is 31.3 Å². The van der Waals surface area contributed by atoms with Crippen LogP contribution in [0.4, 0.5) is 0 Å². The lowest BCUT2D eigenvalue weighted by molar-refractivity contribution is -0.139. The number of rotatable bonds is 1. The maximum Gasteiger partial charge on any atom is 0.155 e. The van der Waals surface area contributed by atoms with Crippen LogP contribution in [-0.2, 0) is 9.59 Å². The summed E-state index contributed by atoms with van der Waals surface area (Å²) in [6, 6.07) is 0. The lowest BCUT2D eigenvalue weighted by Gasteiger charge is -2.62. The molecule has 0 aromatic heterocycles. The number of hydrogen-bond donors (Lipinski definition) is 0. The molecule has 3 saturated carbocycles. The van der Waals surface area contributed by atoms with Crippen LogP contribution in [0.5, 0.6) is 0 Å². The van der Waals surface area contributed by atoms with Crippen LogP contribution >= 0.6 is 0 Å². The monoisotopic (exact) mass is 328 g/mol. The largest absolute Gasteiger partial charge is 0.300 e. The maximum absolute atomic E-state index is 12.3. The summed E-state index contributed by atoms with van der Waals surface area (Å²) in [6.07, 6.45) is 10.8. The number of Topliss-reactive ketones (excluding diaryl/α,β-unsaturated/α-hetero) is 1. The summed E-state index contributed by atoms with van der Waals surface area (Å²) in [7, 11) is 0. The van der Waals surface area contributed by atoms with Crippen LogP contribution in [0.2, 0.25) is 0 Å². The zero-order valence-corrected chi connectivity index (χ0v) is 15.8. The maximum atomic E-state index is 12.3. The van der Waals surface area contributed by atoms with Crippen molar-refractivity contribution in [2.45, 2.75) is 79.1 Å². The van der Waals surface area contributed by atoms with Crippen molar-refractivity contribution in [1.29, 1.82) is 0 Å². The van der Waals surface area contributed by atoms with Crippen molar-refractivity contribution in [3.63, 3.8) is 0 Å². The van der Waals surface area contributed by atoms with E-state index >= 15 is 0 Å². The van der Waals surface area contributed by atoms with Gasteiger partial charge in [0.25, 0.3) is 0 Å². The molecule has 2 nitrogen and oxygen atoms in total. The van der Waals surface area contributed by atoms with Crippen molar-refractivity contribution in [2.75, 3.05) is 0 Å². The molecule has 132 valence electrons. The number of ketones is 2. The molecule has 24 heavy (non-hydrogen) atoms. The molecule has 0 heterocycles. The predicted molar refractivity (Wildman–Crippen MR) is 95.5 cm³/mol. The SMILES string of the molecule is CC(=O)[C@H]1CC[C@@]2(C)[C@@H]3CCC4=CC(=O)CC[C@]4(C)[C@H]3CC[C@]12C. The molecule has 4 rings (SSSR count). The first-order valence-corrected chi connectivity index (χ1v) is 9.97. The van der Waals surface area contributed by atoms with Crippen molar-refractivity contribution >= 4 is 11.6 Å². The van der Waals surface area contributed by atoms with Gasteiger partial charge in [0.05, 0.1) is 0 Å². The van der Waals surface area contributed by atoms with E-state index in [4.69, 9.17) is 0 Å². The van der Waals surface area contributed by atoms with Crippen LogP contribution in [0.25, 0.3) is 0 Å². The predicted octanol–water partition coefficient (Wildman–Crippen LogP) is 5.11. The minimum atomic E-state index is 0.183. The average molecular weight is 328 g/mol. The van der Waals surface area contributed by atoms with Crippen molar-refractivity contribution in [3.8, 4) is 0 Å². The third kappa shape index (κ3) is 1.89. The van der Waals surface area contributed by atoms with Crippen LogP contribution in [0.3, 0.4) is 0 Å². The number of fused-ring (bicyclic) bond motifs is 5. The van der Waals surface area contributed by atoms with Gasteiger partial charge in [-0.25, -0.2) is 0 Å². The molecule has 3 fully saturated rings. The number of hydrogen-bond acceptors (Lipinski definition) is 2. The first kappa shape index (κ1) is 16.5. The Labute approximate surface area is 146 Å². The highest BCUT2D eigenvalue weighted by atomic mass is 16.1. The Morgan fingerprint density at radius 1 is 0.958 bits per heavy atom. The van der Waals surface area contributed by atoms with E-state index in [0.717, 1.165) is 31.6 Å². The van der Waals surface area contributed by atoms with E-state index in [9.17, 15) is 9.59 Å². The summed E-state index contributed by atoms with van der Waals surface area (Å²) in [5, 5.41) is 0. The van der Waals surface area contributed by atoms with Crippen molar-refractivity contribution in [1.82, 2.24) is 0 Å². The zero-order valence-electron chi connectivity index (χ0n) is 15.8. The summed E-state index contributed by atoms with van der Waals surface area (Å²) >= 11 is 0. The molecule has 0 aliphatic heterocycles. The Hall–Kier alpha value is -0.920. The first-order chi connectivity index (χ1) is 11.2. The van der Waals surface area contributed by atoms with Gasteiger partial charge in [0, 0.05) is 12.3 Å². The second-order valence-corrected chi connectivity index (χ2v) is 9.88. The molecule has 0 N–H and O–H groups in total. The molecule has 0 radical (unpaired) electrons. The van der Waals surface area contributed by atoms with E-state index in [1.54, 1.807) is 0 Å². The minimum absolute atomic E-state index is 0.183. The van der Waals surface area contributed by atoms with Gasteiger partial charge in [0.1, 0.15) is 5.78 Å². The molecule has 0 amide bonds. The van der Waals surface area contributed by atoms with Gasteiger partial charge in [-0.1, -0.05) is 26.3 Å². The number of carbonyl (C=O) groups excluding carboxylic acids is 2. The fraction of sp³-hybridized carbons (Fsp3) is 0.818. The Kier molecular flexibility index (Phi) is 3.48. The minimum Gasteiger partial charge on any atom is -0.300 e. The van der Waals surface area contributed by atoms with E-state index < -0.39 is 0 Å². The fourth-order valence-electron chi connectivity index (χ4n) is 7.62. The van der Waals surface area contributed by atoms with Gasteiger partial charge < -0.3 is 0 Å². The molecule has 0 unspecified atom stereocenters. The summed E-state index contributed by atoms with van der Waals surface area (Å²) in [5.41, 5.74) is 2.15. The van der Waals surface area contributed by atoms with Gasteiger partial charge in [-0.2, -0.15) is 0 Å². The topological polar surface area (TPSA) is 34.1 Å². The first-order valence-electron chi connectivity index (χ1n) is 9.97. The Balaban J connectivity index is 1.73. The van der Waals surface area contributed by atoms with Gasteiger partial charge in [-0.05, 0) is 86.0 Å². The van der Waals surface area contributed by atoms with Crippen LogP contribution < -0.4 is 0 Å². The van der Waals surface area contributed by atoms with Gasteiger partial charge in [-0.3, -0.25) is 9.59 Å². The van der Waals surface area contributed by atoms with Crippen LogP contribution in [0, 0.1) is 34.0 Å². The molecule has 4 aliphatic rings. The molecular formula is C22H32O2. The number of carbonyl (C=O) groups is 2.